The van der Waals surface area contributed by atoms with E-state index in [0.29, 0.717) is 5.92 Å². The summed E-state index contributed by atoms with van der Waals surface area (Å²) in [4.78, 5) is 9.69. The smallest absolute Gasteiger partial charge is 0.0575 e. The van der Waals surface area contributed by atoms with Crippen molar-refractivity contribution < 1.29 is 4.84 Å². The molecule has 0 aliphatic heterocycles. The lowest BCUT2D eigenvalue weighted by molar-refractivity contribution is -0.109. The molecule has 100 valence electrons. The number of pyridine rings is 1. The number of hydrogen-bond acceptors (Lipinski definition) is 3. The van der Waals surface area contributed by atoms with Gasteiger partial charge in [-0.25, -0.2) is 0 Å². The second-order valence-corrected chi connectivity index (χ2v) is 4.54. The van der Waals surface area contributed by atoms with E-state index in [1.807, 2.05) is 36.5 Å². The van der Waals surface area contributed by atoms with Gasteiger partial charge in [0.2, 0.25) is 0 Å². The molecule has 1 heterocycles. The Bertz CT molecular complexity index is 433. The minimum atomic E-state index is 0.306. The first kappa shape index (κ1) is 13.7. The summed E-state index contributed by atoms with van der Waals surface area (Å²) in [5.74, 6) is 0.306. The summed E-state index contributed by atoms with van der Waals surface area (Å²) in [7, 11) is 3.64. The van der Waals surface area contributed by atoms with E-state index in [4.69, 9.17) is 4.84 Å². The molecular formula is C16H20N2O. The fourth-order valence-electron chi connectivity index (χ4n) is 2.15. The van der Waals surface area contributed by atoms with Crippen LogP contribution in [0.25, 0.3) is 0 Å². The molecule has 2 rings (SSSR count). The fraction of sp³-hybridized carbons (Fsp3) is 0.312. The predicted molar refractivity (Wildman–Crippen MR) is 76.8 cm³/mol. The van der Waals surface area contributed by atoms with Crippen molar-refractivity contribution in [3.8, 4) is 0 Å². The van der Waals surface area contributed by atoms with E-state index >= 15 is 0 Å². The molecule has 19 heavy (non-hydrogen) atoms. The zero-order valence-corrected chi connectivity index (χ0v) is 11.5. The minimum Gasteiger partial charge on any atom is -0.303 e. The Morgan fingerprint density at radius 1 is 1.11 bits per heavy atom. The van der Waals surface area contributed by atoms with Crippen molar-refractivity contribution in [3.63, 3.8) is 0 Å². The maximum atomic E-state index is 5.19. The quantitative estimate of drug-likeness (QED) is 0.743. The van der Waals surface area contributed by atoms with E-state index in [1.165, 1.54) is 5.56 Å². The van der Waals surface area contributed by atoms with Gasteiger partial charge in [0.25, 0.3) is 0 Å². The lowest BCUT2D eigenvalue weighted by atomic mass is 9.92. The average Bonchev–Trinajstić information content (AvgIpc) is 2.49. The molecule has 0 spiro atoms. The largest absolute Gasteiger partial charge is 0.303 e. The van der Waals surface area contributed by atoms with Crippen molar-refractivity contribution in [1.29, 1.82) is 0 Å². The van der Waals surface area contributed by atoms with Gasteiger partial charge >= 0.3 is 0 Å². The first-order chi connectivity index (χ1) is 9.31. The maximum absolute atomic E-state index is 5.19. The molecule has 1 atom stereocenters. The average molecular weight is 256 g/mol. The highest BCUT2D eigenvalue weighted by Crippen LogP contribution is 2.26. The molecule has 0 radical (unpaired) electrons. The monoisotopic (exact) mass is 256 g/mol. The Hall–Kier alpha value is -1.71. The number of benzene rings is 1. The van der Waals surface area contributed by atoms with Crippen LogP contribution in [0.1, 0.15) is 23.6 Å². The van der Waals surface area contributed by atoms with Gasteiger partial charge < -0.3 is 4.84 Å². The van der Waals surface area contributed by atoms with E-state index in [2.05, 4.69) is 35.3 Å². The van der Waals surface area contributed by atoms with Crippen molar-refractivity contribution >= 4 is 0 Å². The van der Waals surface area contributed by atoms with Gasteiger partial charge in [-0.15, -0.1) is 0 Å². The summed E-state index contributed by atoms with van der Waals surface area (Å²) in [6, 6.07) is 16.6. The summed E-state index contributed by atoms with van der Waals surface area (Å²) in [5, 5.41) is 1.85. The highest BCUT2D eigenvalue weighted by Gasteiger charge is 2.15. The molecule has 0 N–H and O–H groups in total. The standard InChI is InChI=1S/C16H20N2O/c1-18(19-2)13-11-15(14-8-4-3-5-9-14)16-10-6-7-12-17-16/h3-10,12,15H,11,13H2,1-2H3. The highest BCUT2D eigenvalue weighted by atomic mass is 16.7. The van der Waals surface area contributed by atoms with Crippen LogP contribution in [0.2, 0.25) is 0 Å². The van der Waals surface area contributed by atoms with Gasteiger partial charge in [0.1, 0.15) is 0 Å². The van der Waals surface area contributed by atoms with Crippen molar-refractivity contribution in [2.24, 2.45) is 0 Å². The van der Waals surface area contributed by atoms with Crippen LogP contribution in [0.3, 0.4) is 0 Å². The zero-order valence-electron chi connectivity index (χ0n) is 11.5. The summed E-state index contributed by atoms with van der Waals surface area (Å²) >= 11 is 0. The number of nitrogens with zero attached hydrogens (tertiary/aromatic N) is 2. The van der Waals surface area contributed by atoms with Gasteiger partial charge in [-0.2, -0.15) is 5.06 Å². The van der Waals surface area contributed by atoms with Gasteiger partial charge in [0.15, 0.2) is 0 Å². The molecule has 0 saturated heterocycles. The first-order valence-electron chi connectivity index (χ1n) is 6.52. The molecule has 0 amide bonds. The minimum absolute atomic E-state index is 0.306. The van der Waals surface area contributed by atoms with Crippen molar-refractivity contribution in [1.82, 2.24) is 10.0 Å². The maximum Gasteiger partial charge on any atom is 0.0575 e. The van der Waals surface area contributed by atoms with Crippen molar-refractivity contribution in [3.05, 3.63) is 66.0 Å². The molecular weight excluding hydrogens is 236 g/mol. The summed E-state index contributed by atoms with van der Waals surface area (Å²) in [6.07, 6.45) is 2.83. The molecule has 0 saturated carbocycles. The van der Waals surface area contributed by atoms with Crippen LogP contribution in [-0.4, -0.2) is 30.7 Å². The van der Waals surface area contributed by atoms with Crippen LogP contribution >= 0.6 is 0 Å². The van der Waals surface area contributed by atoms with Gasteiger partial charge in [0, 0.05) is 31.4 Å². The molecule has 0 fully saturated rings. The normalized spacial score (nSPS) is 12.6. The molecule has 2 aromatic rings. The van der Waals surface area contributed by atoms with Crippen LogP contribution in [-0.2, 0) is 4.84 Å². The molecule has 0 aliphatic carbocycles. The van der Waals surface area contributed by atoms with Crippen LogP contribution in [0.4, 0.5) is 0 Å². The van der Waals surface area contributed by atoms with Crippen molar-refractivity contribution in [2.45, 2.75) is 12.3 Å². The second-order valence-electron chi connectivity index (χ2n) is 4.54. The number of hydroxylamine groups is 2. The van der Waals surface area contributed by atoms with Gasteiger partial charge in [-0.3, -0.25) is 4.98 Å². The van der Waals surface area contributed by atoms with Crippen LogP contribution < -0.4 is 0 Å². The van der Waals surface area contributed by atoms with Gasteiger partial charge in [0.05, 0.1) is 7.11 Å². The Morgan fingerprint density at radius 2 is 1.84 bits per heavy atom. The molecule has 3 nitrogen and oxygen atoms in total. The van der Waals surface area contributed by atoms with E-state index in [-0.39, 0.29) is 0 Å². The molecule has 3 heteroatoms. The molecule has 1 aromatic heterocycles. The summed E-state index contributed by atoms with van der Waals surface area (Å²) in [6.45, 7) is 0.868. The molecule has 0 aliphatic rings. The van der Waals surface area contributed by atoms with E-state index < -0.39 is 0 Å². The molecule has 1 aromatic carbocycles. The second kappa shape index (κ2) is 7.02. The van der Waals surface area contributed by atoms with E-state index in [1.54, 1.807) is 7.11 Å². The van der Waals surface area contributed by atoms with Crippen LogP contribution in [0, 0.1) is 0 Å². The predicted octanol–water partition coefficient (Wildman–Crippen LogP) is 3.10. The molecule has 1 unspecified atom stereocenters. The Morgan fingerprint density at radius 3 is 2.47 bits per heavy atom. The van der Waals surface area contributed by atoms with E-state index in [9.17, 15) is 0 Å². The van der Waals surface area contributed by atoms with E-state index in [0.717, 1.165) is 18.7 Å². The third-order valence-corrected chi connectivity index (χ3v) is 3.29. The fourth-order valence-corrected chi connectivity index (χ4v) is 2.15. The van der Waals surface area contributed by atoms with Crippen LogP contribution in [0.5, 0.6) is 0 Å². The first-order valence-corrected chi connectivity index (χ1v) is 6.52. The number of rotatable bonds is 6. The molecule has 0 bridgehead atoms. The Kier molecular flexibility index (Phi) is 5.07. The zero-order chi connectivity index (χ0) is 13.5. The van der Waals surface area contributed by atoms with Crippen molar-refractivity contribution in [2.75, 3.05) is 20.7 Å². The SMILES string of the molecule is CON(C)CCC(c1ccccc1)c1ccccn1. The Balaban J connectivity index is 2.19. The van der Waals surface area contributed by atoms with Crippen LogP contribution in [0.15, 0.2) is 54.7 Å². The lowest BCUT2D eigenvalue weighted by Gasteiger charge is -2.20. The highest BCUT2D eigenvalue weighted by molar-refractivity contribution is 5.28. The topological polar surface area (TPSA) is 25.4 Å². The third-order valence-electron chi connectivity index (χ3n) is 3.29. The third kappa shape index (κ3) is 3.88. The Labute approximate surface area is 114 Å². The number of hydrogen-bond donors (Lipinski definition) is 0. The number of aromatic nitrogens is 1. The van der Waals surface area contributed by atoms with Gasteiger partial charge in [-0.05, 0) is 24.1 Å². The summed E-state index contributed by atoms with van der Waals surface area (Å²) in [5.41, 5.74) is 2.41. The summed E-state index contributed by atoms with van der Waals surface area (Å²) < 4.78 is 0. The lowest BCUT2D eigenvalue weighted by Crippen LogP contribution is -2.20. The van der Waals surface area contributed by atoms with Gasteiger partial charge in [-0.1, -0.05) is 36.4 Å².